The van der Waals surface area contributed by atoms with Gasteiger partial charge in [0.2, 0.25) is 0 Å². The molecule has 110 valence electrons. The molecular formula is C17H27N3. The molecule has 1 aromatic rings. The van der Waals surface area contributed by atoms with Crippen LogP contribution in [0.25, 0.3) is 0 Å². The number of piperidine rings is 1. The molecule has 1 aliphatic carbocycles. The molecule has 3 heteroatoms. The third-order valence-corrected chi connectivity index (χ3v) is 4.60. The van der Waals surface area contributed by atoms with Crippen LogP contribution in [0.3, 0.4) is 0 Å². The molecule has 1 heterocycles. The van der Waals surface area contributed by atoms with Gasteiger partial charge in [-0.25, -0.2) is 0 Å². The largest absolute Gasteiger partial charge is 0.329 e. The molecule has 3 rings (SSSR count). The van der Waals surface area contributed by atoms with Gasteiger partial charge in [0, 0.05) is 38.3 Å². The third-order valence-electron chi connectivity index (χ3n) is 4.60. The topological polar surface area (TPSA) is 32.5 Å². The Hall–Kier alpha value is -0.900. The van der Waals surface area contributed by atoms with Gasteiger partial charge in [-0.1, -0.05) is 30.3 Å². The molecule has 2 N–H and O–H groups in total. The summed E-state index contributed by atoms with van der Waals surface area (Å²) in [4.78, 5) is 5.31. The zero-order valence-corrected chi connectivity index (χ0v) is 12.4. The molecule has 0 aromatic heterocycles. The van der Waals surface area contributed by atoms with Crippen LogP contribution in [0.4, 0.5) is 0 Å². The summed E-state index contributed by atoms with van der Waals surface area (Å²) in [6.45, 7) is 5.43. The first kappa shape index (κ1) is 14.1. The van der Waals surface area contributed by atoms with E-state index in [2.05, 4.69) is 40.1 Å². The molecule has 0 unspecified atom stereocenters. The van der Waals surface area contributed by atoms with Gasteiger partial charge in [0.15, 0.2) is 0 Å². The van der Waals surface area contributed by atoms with Crippen molar-refractivity contribution in [2.24, 2.45) is 5.73 Å². The highest BCUT2D eigenvalue weighted by molar-refractivity contribution is 5.14. The summed E-state index contributed by atoms with van der Waals surface area (Å²) < 4.78 is 0. The monoisotopic (exact) mass is 273 g/mol. The molecular weight excluding hydrogens is 246 g/mol. The molecule has 0 bridgehead atoms. The maximum Gasteiger partial charge on any atom is 0.0234 e. The highest BCUT2D eigenvalue weighted by atomic mass is 15.3. The Labute approximate surface area is 122 Å². The van der Waals surface area contributed by atoms with Crippen LogP contribution in [0.1, 0.15) is 31.2 Å². The highest BCUT2D eigenvalue weighted by Gasteiger charge is 2.35. The second-order valence-electron chi connectivity index (χ2n) is 6.27. The highest BCUT2D eigenvalue weighted by Crippen LogP contribution is 2.31. The van der Waals surface area contributed by atoms with Gasteiger partial charge in [0.1, 0.15) is 0 Å². The van der Waals surface area contributed by atoms with Crippen molar-refractivity contribution < 1.29 is 0 Å². The van der Waals surface area contributed by atoms with E-state index in [4.69, 9.17) is 5.73 Å². The molecule has 1 saturated carbocycles. The normalized spacial score (nSPS) is 24.2. The number of nitrogens with zero attached hydrogens (tertiary/aromatic N) is 2. The van der Waals surface area contributed by atoms with E-state index in [0.717, 1.165) is 31.7 Å². The molecule has 2 aliphatic rings. The van der Waals surface area contributed by atoms with Crippen LogP contribution in [-0.4, -0.2) is 48.1 Å². The van der Waals surface area contributed by atoms with Gasteiger partial charge in [-0.15, -0.1) is 0 Å². The summed E-state index contributed by atoms with van der Waals surface area (Å²) in [6, 6.07) is 12.4. The zero-order valence-electron chi connectivity index (χ0n) is 12.4. The fourth-order valence-electron chi connectivity index (χ4n) is 3.51. The first-order valence-electron chi connectivity index (χ1n) is 8.09. The van der Waals surface area contributed by atoms with Crippen LogP contribution >= 0.6 is 0 Å². The maximum absolute atomic E-state index is 5.80. The maximum atomic E-state index is 5.80. The second-order valence-corrected chi connectivity index (χ2v) is 6.27. The van der Waals surface area contributed by atoms with Gasteiger partial charge in [-0.05, 0) is 37.8 Å². The second kappa shape index (κ2) is 6.70. The third kappa shape index (κ3) is 3.60. The standard InChI is InChI=1S/C17H27N3/c18-10-12-20(16-8-9-16)17-7-4-11-19(14-17)13-15-5-2-1-3-6-15/h1-3,5-6,16-17H,4,7-14,18H2/t17-/m1/s1. The molecule has 1 saturated heterocycles. The lowest BCUT2D eigenvalue weighted by Gasteiger charge is -2.39. The summed E-state index contributed by atoms with van der Waals surface area (Å²) in [7, 11) is 0. The van der Waals surface area contributed by atoms with Crippen LogP contribution in [0.15, 0.2) is 30.3 Å². The number of hydrogen-bond donors (Lipinski definition) is 1. The van der Waals surface area contributed by atoms with E-state index in [-0.39, 0.29) is 0 Å². The lowest BCUT2D eigenvalue weighted by Crippen LogP contribution is -2.49. The van der Waals surface area contributed by atoms with Crippen molar-refractivity contribution in [3.63, 3.8) is 0 Å². The number of hydrogen-bond acceptors (Lipinski definition) is 3. The average molecular weight is 273 g/mol. The van der Waals surface area contributed by atoms with E-state index in [9.17, 15) is 0 Å². The number of likely N-dealkylation sites (tertiary alicyclic amines) is 1. The van der Waals surface area contributed by atoms with Gasteiger partial charge in [0.05, 0.1) is 0 Å². The Morgan fingerprint density at radius 3 is 2.60 bits per heavy atom. The lowest BCUT2D eigenvalue weighted by molar-refractivity contribution is 0.0895. The minimum Gasteiger partial charge on any atom is -0.329 e. The van der Waals surface area contributed by atoms with Crippen molar-refractivity contribution in [3.8, 4) is 0 Å². The van der Waals surface area contributed by atoms with Crippen molar-refractivity contribution in [1.82, 2.24) is 9.80 Å². The molecule has 1 aliphatic heterocycles. The molecule has 2 fully saturated rings. The molecule has 0 amide bonds. The minimum absolute atomic E-state index is 0.725. The molecule has 0 radical (unpaired) electrons. The Bertz CT molecular complexity index is 402. The van der Waals surface area contributed by atoms with Gasteiger partial charge in [0.25, 0.3) is 0 Å². The number of nitrogens with two attached hydrogens (primary N) is 1. The first-order valence-corrected chi connectivity index (χ1v) is 8.09. The van der Waals surface area contributed by atoms with E-state index in [1.54, 1.807) is 0 Å². The zero-order chi connectivity index (χ0) is 13.8. The first-order chi connectivity index (χ1) is 9.86. The van der Waals surface area contributed by atoms with Crippen molar-refractivity contribution >= 4 is 0 Å². The van der Waals surface area contributed by atoms with Gasteiger partial charge in [-0.2, -0.15) is 0 Å². The van der Waals surface area contributed by atoms with Crippen molar-refractivity contribution in [3.05, 3.63) is 35.9 Å². The van der Waals surface area contributed by atoms with E-state index < -0.39 is 0 Å². The molecule has 1 aromatic carbocycles. The molecule has 1 atom stereocenters. The van der Waals surface area contributed by atoms with Gasteiger partial charge >= 0.3 is 0 Å². The lowest BCUT2D eigenvalue weighted by atomic mass is 10.0. The van der Waals surface area contributed by atoms with Gasteiger partial charge in [-0.3, -0.25) is 9.80 Å². The molecule has 20 heavy (non-hydrogen) atoms. The van der Waals surface area contributed by atoms with E-state index in [1.165, 1.54) is 44.3 Å². The summed E-state index contributed by atoms with van der Waals surface area (Å²) in [5.41, 5.74) is 7.24. The van der Waals surface area contributed by atoms with Gasteiger partial charge < -0.3 is 5.73 Å². The quantitative estimate of drug-likeness (QED) is 0.861. The van der Waals surface area contributed by atoms with Crippen LogP contribution in [-0.2, 0) is 6.54 Å². The minimum atomic E-state index is 0.725. The van der Waals surface area contributed by atoms with E-state index in [1.807, 2.05) is 0 Å². The van der Waals surface area contributed by atoms with E-state index in [0.29, 0.717) is 0 Å². The number of benzene rings is 1. The fourth-order valence-corrected chi connectivity index (χ4v) is 3.51. The predicted molar refractivity (Wildman–Crippen MR) is 83.5 cm³/mol. The average Bonchev–Trinajstić information content (AvgIpc) is 3.31. The smallest absolute Gasteiger partial charge is 0.0234 e. The van der Waals surface area contributed by atoms with Crippen molar-refractivity contribution in [2.75, 3.05) is 26.2 Å². The van der Waals surface area contributed by atoms with Crippen LogP contribution in [0, 0.1) is 0 Å². The Morgan fingerprint density at radius 2 is 1.90 bits per heavy atom. The number of rotatable bonds is 6. The SMILES string of the molecule is NCCN(C1CC1)[C@@H]1CCCN(Cc2ccccc2)C1. The summed E-state index contributed by atoms with van der Waals surface area (Å²) >= 11 is 0. The Morgan fingerprint density at radius 1 is 1.10 bits per heavy atom. The molecule has 0 spiro atoms. The van der Waals surface area contributed by atoms with E-state index >= 15 is 0 Å². The van der Waals surface area contributed by atoms with Crippen LogP contribution < -0.4 is 5.73 Å². The predicted octanol–water partition coefficient (Wildman–Crippen LogP) is 2.07. The van der Waals surface area contributed by atoms with Crippen molar-refractivity contribution in [2.45, 2.75) is 44.3 Å². The summed E-state index contributed by atoms with van der Waals surface area (Å²) in [5.74, 6) is 0. The summed E-state index contributed by atoms with van der Waals surface area (Å²) in [6.07, 6.45) is 5.44. The Kier molecular flexibility index (Phi) is 4.71. The van der Waals surface area contributed by atoms with Crippen molar-refractivity contribution in [1.29, 1.82) is 0 Å². The summed E-state index contributed by atoms with van der Waals surface area (Å²) in [5, 5.41) is 0. The van der Waals surface area contributed by atoms with Crippen LogP contribution in [0.2, 0.25) is 0 Å². The fraction of sp³-hybridized carbons (Fsp3) is 0.647. The Balaban J connectivity index is 1.58. The molecule has 3 nitrogen and oxygen atoms in total. The van der Waals surface area contributed by atoms with Crippen LogP contribution in [0.5, 0.6) is 0 Å².